The van der Waals surface area contributed by atoms with E-state index in [0.29, 0.717) is 48.3 Å². The van der Waals surface area contributed by atoms with Crippen LogP contribution in [0.15, 0.2) is 48.0 Å². The average Bonchev–Trinajstić information content (AvgIpc) is 2.74. The molecule has 0 aliphatic heterocycles. The lowest BCUT2D eigenvalue weighted by Crippen LogP contribution is -2.26. The van der Waals surface area contributed by atoms with Crippen LogP contribution in [0, 0.1) is 11.3 Å². The van der Waals surface area contributed by atoms with Gasteiger partial charge in [-0.05, 0) is 47.9 Å². The molecule has 1 N–H and O–H groups in total. The molecule has 1 amide bonds. The maximum Gasteiger partial charge on any atom is 0.261 e. The Morgan fingerprint density at radius 2 is 1.93 bits per heavy atom. The lowest BCUT2D eigenvalue weighted by molar-refractivity contribution is -0.117. The van der Waals surface area contributed by atoms with Gasteiger partial charge in [-0.1, -0.05) is 29.8 Å². The van der Waals surface area contributed by atoms with Gasteiger partial charge in [-0.2, -0.15) is 5.26 Å². The Balaban J connectivity index is 2.07. The molecule has 0 radical (unpaired) electrons. The molecule has 0 unspecified atom stereocenters. The summed E-state index contributed by atoms with van der Waals surface area (Å²) in [4.78, 5) is 12.1. The third kappa shape index (κ3) is 7.15. The van der Waals surface area contributed by atoms with E-state index in [1.807, 2.05) is 18.2 Å². The third-order valence-corrected chi connectivity index (χ3v) is 4.23. The van der Waals surface area contributed by atoms with Crippen molar-refractivity contribution in [2.75, 3.05) is 27.4 Å². The van der Waals surface area contributed by atoms with Crippen molar-refractivity contribution >= 4 is 23.6 Å². The number of nitriles is 1. The van der Waals surface area contributed by atoms with Crippen molar-refractivity contribution in [3.8, 4) is 17.6 Å². The first-order valence-electron chi connectivity index (χ1n) is 9.01. The molecule has 0 heterocycles. The minimum atomic E-state index is -0.425. The van der Waals surface area contributed by atoms with Crippen LogP contribution in [0.1, 0.15) is 17.5 Å². The average molecular weight is 415 g/mol. The van der Waals surface area contributed by atoms with Crippen LogP contribution in [-0.2, 0) is 16.1 Å². The Kier molecular flexibility index (Phi) is 9.03. The number of nitrogens with one attached hydrogen (secondary N) is 1. The minimum absolute atomic E-state index is 0.0132. The van der Waals surface area contributed by atoms with E-state index in [2.05, 4.69) is 5.32 Å². The molecular weight excluding hydrogens is 392 g/mol. The first kappa shape index (κ1) is 22.3. The minimum Gasteiger partial charge on any atom is -0.493 e. The molecule has 0 saturated heterocycles. The van der Waals surface area contributed by atoms with Crippen molar-refractivity contribution in [3.63, 3.8) is 0 Å². The topological polar surface area (TPSA) is 80.6 Å². The van der Waals surface area contributed by atoms with Crippen LogP contribution < -0.4 is 14.8 Å². The quantitative estimate of drug-likeness (QED) is 0.361. The molecule has 0 saturated carbocycles. The summed E-state index contributed by atoms with van der Waals surface area (Å²) in [6.45, 7) is 1.34. The number of rotatable bonds is 10. The largest absolute Gasteiger partial charge is 0.493 e. The number of methoxy groups -OCH3 is 2. The molecule has 0 aliphatic carbocycles. The molecule has 0 fully saturated rings. The summed E-state index contributed by atoms with van der Waals surface area (Å²) < 4.78 is 16.1. The van der Waals surface area contributed by atoms with Crippen molar-refractivity contribution in [3.05, 3.63) is 64.2 Å². The highest BCUT2D eigenvalue weighted by atomic mass is 35.5. The van der Waals surface area contributed by atoms with Crippen molar-refractivity contribution in [2.24, 2.45) is 0 Å². The van der Waals surface area contributed by atoms with Gasteiger partial charge in [-0.15, -0.1) is 0 Å². The van der Waals surface area contributed by atoms with Crippen LogP contribution in [-0.4, -0.2) is 33.3 Å². The molecule has 2 aromatic carbocycles. The highest BCUT2D eigenvalue weighted by Crippen LogP contribution is 2.29. The molecule has 2 rings (SSSR count). The standard InChI is InChI=1S/C22H23ClN2O4/c1-27-11-3-10-25-22(26)18(14-24)12-17-6-9-20(21(13-17)28-2)29-15-16-4-7-19(23)8-5-16/h4-9,12-13H,3,10-11,15H2,1-2H3,(H,25,26)/b18-12-. The van der Waals surface area contributed by atoms with Crippen molar-refractivity contribution in [1.29, 1.82) is 5.26 Å². The zero-order chi connectivity index (χ0) is 21.1. The van der Waals surface area contributed by atoms with Crippen molar-refractivity contribution < 1.29 is 19.0 Å². The van der Waals surface area contributed by atoms with Gasteiger partial charge >= 0.3 is 0 Å². The highest BCUT2D eigenvalue weighted by molar-refractivity contribution is 6.30. The molecule has 0 spiro atoms. The summed E-state index contributed by atoms with van der Waals surface area (Å²) in [5.41, 5.74) is 1.64. The number of ether oxygens (including phenoxy) is 3. The van der Waals surface area contributed by atoms with Gasteiger partial charge in [0.25, 0.3) is 5.91 Å². The number of carbonyl (C=O) groups is 1. The van der Waals surface area contributed by atoms with Crippen molar-refractivity contribution in [1.82, 2.24) is 5.32 Å². The number of hydrogen-bond donors (Lipinski definition) is 1. The molecule has 152 valence electrons. The van der Waals surface area contributed by atoms with Gasteiger partial charge in [0, 0.05) is 25.3 Å². The second-order valence-electron chi connectivity index (χ2n) is 6.10. The van der Waals surface area contributed by atoms with E-state index >= 15 is 0 Å². The highest BCUT2D eigenvalue weighted by Gasteiger charge is 2.10. The molecule has 0 atom stereocenters. The monoisotopic (exact) mass is 414 g/mol. The van der Waals surface area contributed by atoms with E-state index in [-0.39, 0.29) is 5.57 Å². The predicted octanol–water partition coefficient (Wildman–Crippen LogP) is 3.99. The zero-order valence-corrected chi connectivity index (χ0v) is 17.2. The van der Waals surface area contributed by atoms with Crippen LogP contribution in [0.5, 0.6) is 11.5 Å². The van der Waals surface area contributed by atoms with Crippen LogP contribution >= 0.6 is 11.6 Å². The van der Waals surface area contributed by atoms with E-state index in [4.69, 9.17) is 25.8 Å². The van der Waals surface area contributed by atoms with E-state index in [0.717, 1.165) is 5.56 Å². The fourth-order valence-corrected chi connectivity index (χ4v) is 2.59. The van der Waals surface area contributed by atoms with E-state index < -0.39 is 5.91 Å². The Bertz CT molecular complexity index is 889. The number of amides is 1. The SMILES string of the molecule is COCCCNC(=O)/C(C#N)=C\c1ccc(OCc2ccc(Cl)cc2)c(OC)c1. The van der Waals surface area contributed by atoms with Gasteiger partial charge < -0.3 is 19.5 Å². The molecule has 2 aromatic rings. The van der Waals surface area contributed by atoms with Crippen LogP contribution in [0.25, 0.3) is 6.08 Å². The lowest BCUT2D eigenvalue weighted by Gasteiger charge is -2.12. The Morgan fingerprint density at radius 3 is 2.59 bits per heavy atom. The number of carbonyl (C=O) groups excluding carboxylic acids is 1. The van der Waals surface area contributed by atoms with E-state index in [1.54, 1.807) is 37.4 Å². The van der Waals surface area contributed by atoms with Crippen LogP contribution in [0.3, 0.4) is 0 Å². The molecular formula is C22H23ClN2O4. The summed E-state index contributed by atoms with van der Waals surface area (Å²) in [6.07, 6.45) is 2.19. The maximum absolute atomic E-state index is 12.1. The first-order chi connectivity index (χ1) is 14.1. The van der Waals surface area contributed by atoms with E-state index in [1.165, 1.54) is 13.2 Å². The Hall–Kier alpha value is -3.01. The predicted molar refractivity (Wildman–Crippen MR) is 112 cm³/mol. The molecule has 29 heavy (non-hydrogen) atoms. The van der Waals surface area contributed by atoms with E-state index in [9.17, 15) is 10.1 Å². The molecule has 6 nitrogen and oxygen atoms in total. The Labute approximate surface area is 175 Å². The summed E-state index contributed by atoms with van der Waals surface area (Å²) in [5, 5.41) is 12.7. The summed E-state index contributed by atoms with van der Waals surface area (Å²) in [6, 6.07) is 14.5. The summed E-state index contributed by atoms with van der Waals surface area (Å²) in [7, 11) is 3.13. The van der Waals surface area contributed by atoms with Crippen LogP contribution in [0.2, 0.25) is 5.02 Å². The second-order valence-corrected chi connectivity index (χ2v) is 6.53. The van der Waals surface area contributed by atoms with Gasteiger partial charge in [-0.3, -0.25) is 4.79 Å². The van der Waals surface area contributed by atoms with Gasteiger partial charge in [0.2, 0.25) is 0 Å². The number of hydrogen-bond acceptors (Lipinski definition) is 5. The number of nitrogens with zero attached hydrogens (tertiary/aromatic N) is 1. The second kappa shape index (κ2) is 11.7. The Morgan fingerprint density at radius 1 is 1.17 bits per heavy atom. The fraction of sp³-hybridized carbons (Fsp3) is 0.273. The molecule has 0 aromatic heterocycles. The third-order valence-electron chi connectivity index (χ3n) is 3.98. The lowest BCUT2D eigenvalue weighted by atomic mass is 10.1. The van der Waals surface area contributed by atoms with Gasteiger partial charge in [-0.25, -0.2) is 0 Å². The van der Waals surface area contributed by atoms with Crippen molar-refractivity contribution in [2.45, 2.75) is 13.0 Å². The maximum atomic E-state index is 12.1. The fourth-order valence-electron chi connectivity index (χ4n) is 2.46. The normalized spacial score (nSPS) is 10.9. The summed E-state index contributed by atoms with van der Waals surface area (Å²) in [5.74, 6) is 0.637. The smallest absolute Gasteiger partial charge is 0.261 e. The summed E-state index contributed by atoms with van der Waals surface area (Å²) >= 11 is 5.89. The first-order valence-corrected chi connectivity index (χ1v) is 9.39. The van der Waals surface area contributed by atoms with Gasteiger partial charge in [0.15, 0.2) is 11.5 Å². The van der Waals surface area contributed by atoms with Gasteiger partial charge in [0.1, 0.15) is 18.2 Å². The van der Waals surface area contributed by atoms with Crippen LogP contribution in [0.4, 0.5) is 0 Å². The molecule has 0 bridgehead atoms. The number of benzene rings is 2. The number of halogens is 1. The molecule has 7 heteroatoms. The zero-order valence-electron chi connectivity index (χ0n) is 16.4. The molecule has 0 aliphatic rings. The van der Waals surface area contributed by atoms with Gasteiger partial charge in [0.05, 0.1) is 7.11 Å².